The lowest BCUT2D eigenvalue weighted by molar-refractivity contribution is -0.144. The number of imide groups is 1. The number of ether oxygens (including phenoxy) is 2. The molecular formula is C25H22N2O8S2. The monoisotopic (exact) mass is 542 g/mol. The topological polar surface area (TPSA) is 125 Å². The van der Waals surface area contributed by atoms with E-state index in [0.29, 0.717) is 26.9 Å². The molecular weight excluding hydrogens is 520 g/mol. The summed E-state index contributed by atoms with van der Waals surface area (Å²) in [6, 6.07) is 9.44. The first-order chi connectivity index (χ1) is 17.8. The van der Waals surface area contributed by atoms with E-state index >= 15 is 0 Å². The molecule has 1 aromatic carbocycles. The molecule has 2 aliphatic rings. The smallest absolute Gasteiger partial charge is 0.338 e. The minimum Gasteiger partial charge on any atom is -0.469 e. The van der Waals surface area contributed by atoms with Crippen molar-refractivity contribution in [2.45, 2.75) is 36.6 Å². The maximum Gasteiger partial charge on any atom is 0.338 e. The van der Waals surface area contributed by atoms with E-state index in [0.717, 1.165) is 28.0 Å². The molecule has 1 saturated heterocycles. The molecule has 1 fully saturated rings. The van der Waals surface area contributed by atoms with Gasteiger partial charge in [-0.25, -0.2) is 9.69 Å². The molecule has 2 aliphatic heterocycles. The summed E-state index contributed by atoms with van der Waals surface area (Å²) in [5.41, 5.74) is 0.624. The fraction of sp³-hybridized carbons (Fsp3) is 0.320. The Morgan fingerprint density at radius 3 is 2.38 bits per heavy atom. The van der Waals surface area contributed by atoms with Crippen molar-refractivity contribution in [3.63, 3.8) is 0 Å². The van der Waals surface area contributed by atoms with Crippen LogP contribution in [0.1, 0.15) is 40.8 Å². The van der Waals surface area contributed by atoms with Crippen LogP contribution in [0.3, 0.4) is 0 Å². The third kappa shape index (κ3) is 4.29. The Morgan fingerprint density at radius 2 is 1.73 bits per heavy atom. The van der Waals surface area contributed by atoms with Crippen molar-refractivity contribution in [2.75, 3.05) is 18.1 Å². The van der Waals surface area contributed by atoms with Gasteiger partial charge in [-0.3, -0.25) is 23.7 Å². The number of nitrogens with zero attached hydrogens (tertiary/aromatic N) is 2. The molecule has 0 aliphatic carbocycles. The first-order valence-electron chi connectivity index (χ1n) is 11.6. The van der Waals surface area contributed by atoms with E-state index in [9.17, 15) is 24.0 Å². The average Bonchev–Trinajstić information content (AvgIpc) is 3.57. The van der Waals surface area contributed by atoms with E-state index in [2.05, 4.69) is 0 Å². The van der Waals surface area contributed by atoms with Gasteiger partial charge in [0.25, 0.3) is 0 Å². The Labute approximate surface area is 219 Å². The van der Waals surface area contributed by atoms with Crippen LogP contribution in [0.25, 0.3) is 0 Å². The fourth-order valence-corrected chi connectivity index (χ4v) is 7.33. The Bertz CT molecular complexity index is 1420. The number of amides is 2. The summed E-state index contributed by atoms with van der Waals surface area (Å²) in [7, 11) is 0. The highest BCUT2D eigenvalue weighted by molar-refractivity contribution is 8.00. The van der Waals surface area contributed by atoms with Crippen molar-refractivity contribution < 1.29 is 33.1 Å². The van der Waals surface area contributed by atoms with Gasteiger partial charge >= 0.3 is 16.8 Å². The maximum absolute atomic E-state index is 13.7. The van der Waals surface area contributed by atoms with Crippen molar-refractivity contribution in [3.8, 4) is 0 Å². The number of hydrogen-bond acceptors (Lipinski definition) is 10. The summed E-state index contributed by atoms with van der Waals surface area (Å²) in [6.45, 7) is 3.48. The predicted octanol–water partition coefficient (Wildman–Crippen LogP) is 3.04. The number of thioether (sulfide) groups is 1. The van der Waals surface area contributed by atoms with Crippen LogP contribution in [0.4, 0.5) is 5.69 Å². The minimum absolute atomic E-state index is 0.170. The second kappa shape index (κ2) is 10.0. The van der Waals surface area contributed by atoms with Gasteiger partial charge in [-0.1, -0.05) is 23.1 Å². The number of carbonyl (C=O) groups excluding carboxylic acids is 4. The number of carbonyl (C=O) groups is 4. The number of benzene rings is 1. The van der Waals surface area contributed by atoms with E-state index in [1.807, 2.05) is 0 Å². The van der Waals surface area contributed by atoms with Crippen LogP contribution < -0.4 is 9.77 Å². The average molecular weight is 543 g/mol. The zero-order chi connectivity index (χ0) is 26.3. The summed E-state index contributed by atoms with van der Waals surface area (Å²) < 4.78 is 17.0. The number of esters is 2. The molecule has 10 nitrogen and oxygen atoms in total. The second-order valence-corrected chi connectivity index (χ2v) is 10.4. The number of fused-ring (bicyclic) bond motifs is 2. The first-order valence-corrected chi connectivity index (χ1v) is 13.3. The molecule has 3 aromatic rings. The van der Waals surface area contributed by atoms with Gasteiger partial charge in [-0.15, -0.1) is 0 Å². The molecule has 0 spiro atoms. The number of anilines is 1. The van der Waals surface area contributed by atoms with Crippen molar-refractivity contribution in [3.05, 3.63) is 68.5 Å². The molecule has 3 atom stereocenters. The molecule has 0 saturated carbocycles. The van der Waals surface area contributed by atoms with Gasteiger partial charge < -0.3 is 13.9 Å². The van der Waals surface area contributed by atoms with Crippen LogP contribution in [0.2, 0.25) is 0 Å². The molecule has 5 rings (SSSR count). The van der Waals surface area contributed by atoms with Crippen LogP contribution in [0.5, 0.6) is 0 Å². The summed E-state index contributed by atoms with van der Waals surface area (Å²) in [6.07, 6.45) is 1.47. The fourth-order valence-electron chi connectivity index (χ4n) is 4.58. The van der Waals surface area contributed by atoms with Crippen molar-refractivity contribution in [2.24, 2.45) is 5.92 Å². The number of aromatic nitrogens is 1. The van der Waals surface area contributed by atoms with E-state index in [-0.39, 0.29) is 24.6 Å². The number of hydrogen-bond donors (Lipinski definition) is 0. The van der Waals surface area contributed by atoms with Gasteiger partial charge in [0.2, 0.25) is 11.8 Å². The molecule has 0 N–H and O–H groups in total. The van der Waals surface area contributed by atoms with E-state index in [4.69, 9.17) is 13.9 Å². The van der Waals surface area contributed by atoms with Crippen LogP contribution in [-0.4, -0.2) is 46.8 Å². The highest BCUT2D eigenvalue weighted by Crippen LogP contribution is 2.53. The molecule has 2 amide bonds. The molecule has 0 unspecified atom stereocenters. The summed E-state index contributed by atoms with van der Waals surface area (Å²) in [4.78, 5) is 65.7. The van der Waals surface area contributed by atoms with Crippen LogP contribution in [0, 0.1) is 5.92 Å². The highest BCUT2D eigenvalue weighted by Gasteiger charge is 2.57. The third-order valence-electron chi connectivity index (χ3n) is 6.13. The van der Waals surface area contributed by atoms with Gasteiger partial charge in [0.05, 0.1) is 52.5 Å². The Hall–Kier alpha value is -3.64. The Kier molecular flexibility index (Phi) is 6.78. The molecule has 2 aromatic heterocycles. The van der Waals surface area contributed by atoms with Crippen LogP contribution in [-0.2, 0) is 30.4 Å². The lowest BCUT2D eigenvalue weighted by atomic mass is 9.87. The van der Waals surface area contributed by atoms with Crippen molar-refractivity contribution in [1.29, 1.82) is 0 Å². The van der Waals surface area contributed by atoms with Gasteiger partial charge in [-0.05, 0) is 50.2 Å². The van der Waals surface area contributed by atoms with E-state index in [1.165, 1.54) is 35.1 Å². The lowest BCUT2D eigenvalue weighted by Gasteiger charge is -2.28. The minimum atomic E-state index is -0.845. The van der Waals surface area contributed by atoms with Crippen LogP contribution >= 0.6 is 23.1 Å². The Balaban J connectivity index is 1.54. The second-order valence-electron chi connectivity index (χ2n) is 8.27. The van der Waals surface area contributed by atoms with E-state index < -0.39 is 40.8 Å². The maximum atomic E-state index is 13.7. The standard InChI is InChI=1S/C25H22N2O8S2/c1-3-33-16(28)12-26-23-20(37-25(26)32)17(15-6-5-11-35-15)18-19(36-23)22(30)27(21(18)29)14-9-7-13(8-10-14)24(31)34-4-2/h5-11,17-19H,3-4,12H2,1-2H3/t17-,18-,19+/m0/s1. The zero-order valence-electron chi connectivity index (χ0n) is 19.9. The van der Waals surface area contributed by atoms with Gasteiger partial charge in [-0.2, -0.15) is 0 Å². The quantitative estimate of drug-likeness (QED) is 0.327. The summed E-state index contributed by atoms with van der Waals surface area (Å²) >= 11 is 2.03. The molecule has 37 heavy (non-hydrogen) atoms. The van der Waals surface area contributed by atoms with Crippen molar-refractivity contribution in [1.82, 2.24) is 4.57 Å². The first kappa shape index (κ1) is 25.0. The lowest BCUT2D eigenvalue weighted by Crippen LogP contribution is -2.32. The highest BCUT2D eigenvalue weighted by atomic mass is 32.2. The van der Waals surface area contributed by atoms with E-state index in [1.54, 1.807) is 26.0 Å². The van der Waals surface area contributed by atoms with Gasteiger partial charge in [0.1, 0.15) is 17.6 Å². The largest absolute Gasteiger partial charge is 0.469 e. The number of rotatable bonds is 7. The number of furan rings is 1. The zero-order valence-corrected chi connectivity index (χ0v) is 21.5. The van der Waals surface area contributed by atoms with Crippen LogP contribution in [0.15, 0.2) is 56.9 Å². The molecule has 12 heteroatoms. The third-order valence-corrected chi connectivity index (χ3v) is 8.73. The normalized spacial score (nSPS) is 20.5. The molecule has 0 radical (unpaired) electrons. The summed E-state index contributed by atoms with van der Waals surface area (Å²) in [5.74, 6) is -3.02. The number of thiazole rings is 1. The molecule has 4 heterocycles. The summed E-state index contributed by atoms with van der Waals surface area (Å²) in [5, 5.41) is -0.395. The van der Waals surface area contributed by atoms with Gasteiger partial charge in [0.15, 0.2) is 0 Å². The SMILES string of the molecule is CCOC(=O)Cn1c2c(sc1=O)[C@@H](c1ccco1)[C@@H]1C(=O)N(c3ccc(C(=O)OCC)cc3)C(=O)[C@@H]1S2. The molecule has 0 bridgehead atoms. The van der Waals surface area contributed by atoms with Gasteiger partial charge in [0, 0.05) is 0 Å². The Morgan fingerprint density at radius 1 is 1.00 bits per heavy atom. The van der Waals surface area contributed by atoms with Crippen molar-refractivity contribution >= 4 is 52.5 Å². The predicted molar refractivity (Wildman–Crippen MR) is 134 cm³/mol. The molecule has 192 valence electrons.